The van der Waals surface area contributed by atoms with Gasteiger partial charge >= 0.3 is 31.7 Å². The molecule has 0 aliphatic heterocycles. The molecule has 0 fully saturated rings. The van der Waals surface area contributed by atoms with Gasteiger partial charge in [-0.15, -0.1) is 39.8 Å². The van der Waals surface area contributed by atoms with Crippen molar-refractivity contribution in [1.29, 1.82) is 0 Å². The van der Waals surface area contributed by atoms with Gasteiger partial charge < -0.3 is 16.5 Å². The van der Waals surface area contributed by atoms with Gasteiger partial charge in [0.15, 0.2) is 16.6 Å². The van der Waals surface area contributed by atoms with Crippen molar-refractivity contribution in [3.8, 4) is 0 Å². The molecule has 0 aromatic heterocycles. The highest BCUT2D eigenvalue weighted by Gasteiger charge is 2.51. The van der Waals surface area contributed by atoms with Crippen molar-refractivity contribution in [1.82, 2.24) is 0 Å². The number of hydrogen-bond donors (Lipinski definition) is 0. The Morgan fingerprint density at radius 2 is 1.00 bits per heavy atom. The molecule has 0 heterocycles. The van der Waals surface area contributed by atoms with Gasteiger partial charge in [-0.3, -0.25) is 0 Å². The van der Waals surface area contributed by atoms with Crippen molar-refractivity contribution in [3.63, 3.8) is 0 Å². The Labute approximate surface area is 187 Å². The third-order valence-electron chi connectivity index (χ3n) is 4.03. The first-order chi connectivity index (χ1) is 11.5. The zero-order valence-corrected chi connectivity index (χ0v) is 26.9. The Kier molecular flexibility index (Phi) is 10.1. The van der Waals surface area contributed by atoms with Gasteiger partial charge in [0.1, 0.15) is 0 Å². The van der Waals surface area contributed by atoms with Crippen LogP contribution in [0, 0.1) is 0 Å². The predicted molar refractivity (Wildman–Crippen MR) is 135 cm³/mol. The Morgan fingerprint density at radius 3 is 1.33 bits per heavy atom. The van der Waals surface area contributed by atoms with Gasteiger partial charge in [-0.25, -0.2) is 0 Å². The SMILES string of the molecule is C=C[Si](C)(C)O[Si](C)(C)O[Si](C)(C)O[Si](C)(C)O[Si](C)(C)C(C)[Si](Cl)(Cl)Cl. The summed E-state index contributed by atoms with van der Waals surface area (Å²) in [4.78, 5) is 0. The summed E-state index contributed by atoms with van der Waals surface area (Å²) in [5.74, 6) is 0. The molecule has 0 rings (SSSR count). The summed E-state index contributed by atoms with van der Waals surface area (Å²) in [5.41, 5.74) is 1.93. The van der Waals surface area contributed by atoms with Crippen LogP contribution in [-0.2, 0) is 16.5 Å². The van der Waals surface area contributed by atoms with Gasteiger partial charge in [-0.1, -0.05) is 12.6 Å². The van der Waals surface area contributed by atoms with E-state index in [0.29, 0.717) is 0 Å². The monoisotopic (exact) mass is 542 g/mol. The van der Waals surface area contributed by atoms with E-state index in [1.165, 1.54) is 0 Å². The molecule has 1 unspecified atom stereocenters. The lowest BCUT2D eigenvalue weighted by Gasteiger charge is -2.43. The number of rotatable bonds is 11. The largest absolute Gasteiger partial charge is 0.436 e. The van der Waals surface area contributed by atoms with Crippen LogP contribution in [0.1, 0.15) is 6.92 Å². The summed E-state index contributed by atoms with van der Waals surface area (Å²) in [6.07, 6.45) is 0. The van der Waals surface area contributed by atoms with Crippen LogP contribution in [0.25, 0.3) is 0 Å². The molecular formula is C14H37Cl3O4Si6. The molecule has 0 spiro atoms. The molecule has 0 N–H and O–H groups in total. The predicted octanol–water partition coefficient (Wildman–Crippen LogP) is 6.88. The molecule has 0 aromatic rings. The maximum atomic E-state index is 6.54. The fourth-order valence-electron chi connectivity index (χ4n) is 3.04. The molecule has 1 atom stereocenters. The Hall–Kier alpha value is 1.75. The van der Waals surface area contributed by atoms with Crippen molar-refractivity contribution in [2.75, 3.05) is 0 Å². The highest BCUT2D eigenvalue weighted by molar-refractivity contribution is 7.66. The molecule has 0 saturated heterocycles. The van der Waals surface area contributed by atoms with Crippen molar-refractivity contribution >= 4 is 81.6 Å². The van der Waals surface area contributed by atoms with Gasteiger partial charge in [0.05, 0.1) is 0 Å². The molecule has 0 radical (unpaired) electrons. The average Bonchev–Trinajstić information content (AvgIpc) is 2.30. The third kappa shape index (κ3) is 11.1. The van der Waals surface area contributed by atoms with Gasteiger partial charge in [0.25, 0.3) is 0 Å². The van der Waals surface area contributed by atoms with E-state index in [-0.39, 0.29) is 5.16 Å². The summed E-state index contributed by atoms with van der Waals surface area (Å²) in [7, 11) is -11.5. The minimum atomic E-state index is -2.84. The van der Waals surface area contributed by atoms with Crippen LogP contribution in [0.3, 0.4) is 0 Å². The first-order valence-corrected chi connectivity index (χ1v) is 28.6. The highest BCUT2D eigenvalue weighted by Crippen LogP contribution is 2.41. The minimum absolute atomic E-state index is 0.0374. The van der Waals surface area contributed by atoms with Crippen LogP contribution < -0.4 is 0 Å². The normalized spacial score (nSPS) is 16.4. The lowest BCUT2D eigenvalue weighted by Crippen LogP contribution is -2.59. The van der Waals surface area contributed by atoms with Crippen LogP contribution >= 0.6 is 33.2 Å². The van der Waals surface area contributed by atoms with Crippen LogP contribution in [0.2, 0.25) is 70.6 Å². The van der Waals surface area contributed by atoms with E-state index in [4.69, 9.17) is 49.7 Å². The van der Waals surface area contributed by atoms with Crippen molar-refractivity contribution < 1.29 is 16.5 Å². The van der Waals surface area contributed by atoms with E-state index >= 15 is 0 Å². The molecule has 0 aliphatic carbocycles. The van der Waals surface area contributed by atoms with E-state index in [1.54, 1.807) is 0 Å². The van der Waals surface area contributed by atoms with E-state index in [1.807, 2.05) is 38.8 Å². The van der Waals surface area contributed by atoms with Gasteiger partial charge in [-0.2, -0.15) is 0 Å². The van der Waals surface area contributed by atoms with Crippen molar-refractivity contribution in [2.45, 2.75) is 77.6 Å². The van der Waals surface area contributed by atoms with E-state index in [0.717, 1.165) is 0 Å². The molecule has 13 heteroatoms. The lowest BCUT2D eigenvalue weighted by molar-refractivity contribution is 0.299. The zero-order chi connectivity index (χ0) is 22.1. The summed E-state index contributed by atoms with van der Waals surface area (Å²) >= 11 is 18.8. The Balaban J connectivity index is 5.22. The van der Waals surface area contributed by atoms with Crippen molar-refractivity contribution in [2.24, 2.45) is 0 Å². The molecular weight excluding hydrogens is 507 g/mol. The highest BCUT2D eigenvalue weighted by atomic mass is 35.8. The summed E-state index contributed by atoms with van der Waals surface area (Å²) in [6.45, 7) is 26.6. The number of halogens is 3. The summed E-state index contributed by atoms with van der Waals surface area (Å²) < 4.78 is 25.9. The standard InChI is InChI=1S/C14H37Cl3O4Si6/c1-13-22(3,4)18-24(7,8)20-26(11,12)21-25(9,10)19-23(5,6)14(2)27(15,16)17/h13-14H,1H2,2-12H3. The fraction of sp³-hybridized carbons (Fsp3) is 0.857. The molecule has 27 heavy (non-hydrogen) atoms. The minimum Gasteiger partial charge on any atom is -0.436 e. The van der Waals surface area contributed by atoms with Crippen molar-refractivity contribution in [3.05, 3.63) is 12.3 Å². The quantitative estimate of drug-likeness (QED) is 0.210. The molecule has 0 bridgehead atoms. The smallest absolute Gasteiger partial charge is 0.343 e. The van der Waals surface area contributed by atoms with E-state index in [2.05, 4.69) is 45.9 Å². The fourth-order valence-corrected chi connectivity index (χ4v) is 36.1. The van der Waals surface area contributed by atoms with Crippen LogP contribution in [0.15, 0.2) is 12.3 Å². The first kappa shape index (κ1) is 28.8. The summed E-state index contributed by atoms with van der Waals surface area (Å²) in [5, 5.41) is -0.0374. The van der Waals surface area contributed by atoms with E-state index < -0.39 is 48.3 Å². The molecule has 0 saturated carbocycles. The maximum absolute atomic E-state index is 6.54. The topological polar surface area (TPSA) is 36.9 Å². The second-order valence-electron chi connectivity index (χ2n) is 9.28. The third-order valence-corrected chi connectivity index (χ3v) is 32.1. The first-order valence-electron chi connectivity index (χ1n) is 9.05. The second-order valence-corrected chi connectivity index (χ2v) is 38.3. The molecule has 162 valence electrons. The van der Waals surface area contributed by atoms with Crippen LogP contribution in [-0.4, -0.2) is 48.3 Å². The molecule has 4 nitrogen and oxygen atoms in total. The lowest BCUT2D eigenvalue weighted by atomic mass is 10.9. The Bertz CT molecular complexity index is 523. The van der Waals surface area contributed by atoms with Gasteiger partial charge in [0.2, 0.25) is 0 Å². The Morgan fingerprint density at radius 1 is 0.667 bits per heavy atom. The van der Waals surface area contributed by atoms with Gasteiger partial charge in [0, 0.05) is 5.16 Å². The molecule has 0 aromatic carbocycles. The average molecular weight is 544 g/mol. The zero-order valence-electron chi connectivity index (χ0n) is 18.6. The molecule has 0 aliphatic rings. The van der Waals surface area contributed by atoms with Crippen LogP contribution in [0.5, 0.6) is 0 Å². The van der Waals surface area contributed by atoms with Crippen LogP contribution in [0.4, 0.5) is 0 Å². The van der Waals surface area contributed by atoms with Gasteiger partial charge in [-0.05, 0) is 65.5 Å². The van der Waals surface area contributed by atoms with E-state index in [9.17, 15) is 0 Å². The molecule has 0 amide bonds. The number of hydrogen-bond acceptors (Lipinski definition) is 4. The maximum Gasteiger partial charge on any atom is 0.343 e. The second kappa shape index (κ2) is 9.49. The summed E-state index contributed by atoms with van der Waals surface area (Å²) in [6, 6.07) is -2.84.